The number of aliphatic hydroxyl groups is 1. The number of imide groups is 1. The van der Waals surface area contributed by atoms with Crippen molar-refractivity contribution in [3.05, 3.63) is 0 Å². The fourth-order valence-electron chi connectivity index (χ4n) is 1.92. The van der Waals surface area contributed by atoms with Gasteiger partial charge in [-0.25, -0.2) is 9.59 Å². The predicted molar refractivity (Wildman–Crippen MR) is 70.2 cm³/mol. The van der Waals surface area contributed by atoms with Gasteiger partial charge in [0, 0.05) is 20.0 Å². The number of hydrogen-bond acceptors (Lipinski definition) is 5. The Kier molecular flexibility index (Phi) is 5.65. The maximum absolute atomic E-state index is 11.6. The van der Waals surface area contributed by atoms with Crippen molar-refractivity contribution < 1.29 is 29.4 Å². The normalized spacial score (nSPS) is 17.9. The molecule has 0 radical (unpaired) electrons. The minimum Gasteiger partial charge on any atom is -0.480 e. The molecule has 0 saturated carbocycles. The van der Waals surface area contributed by atoms with Crippen molar-refractivity contribution in [1.82, 2.24) is 15.1 Å². The Balaban J connectivity index is 2.39. The number of carboxylic acids is 1. The number of carbonyl (C=O) groups excluding carboxylic acids is 3. The Morgan fingerprint density at radius 1 is 1.38 bits per heavy atom. The molecular formula is C12H19N3O6. The first-order chi connectivity index (χ1) is 9.73. The Morgan fingerprint density at radius 2 is 2.00 bits per heavy atom. The Bertz CT molecular complexity index is 450. The summed E-state index contributed by atoms with van der Waals surface area (Å²) in [7, 11) is 1.51. The highest BCUT2D eigenvalue weighted by atomic mass is 16.4. The molecule has 0 aromatic carbocycles. The number of hydrogen-bond donors (Lipinski definition) is 3. The average Bonchev–Trinajstić information content (AvgIpc) is 2.61. The summed E-state index contributed by atoms with van der Waals surface area (Å²) in [6.07, 6.45) is -1.04. The minimum absolute atomic E-state index is 0.0220. The summed E-state index contributed by atoms with van der Waals surface area (Å²) in [6.45, 7) is 1.38. The first kappa shape index (κ1) is 16.9. The van der Waals surface area contributed by atoms with Gasteiger partial charge in [-0.2, -0.15) is 0 Å². The second-order valence-corrected chi connectivity index (χ2v) is 4.91. The highest BCUT2D eigenvalue weighted by Crippen LogP contribution is 2.09. The third kappa shape index (κ3) is 4.42. The molecule has 3 N–H and O–H groups in total. The van der Waals surface area contributed by atoms with Crippen LogP contribution < -0.4 is 5.32 Å². The van der Waals surface area contributed by atoms with E-state index < -0.39 is 30.1 Å². The van der Waals surface area contributed by atoms with E-state index >= 15 is 0 Å². The van der Waals surface area contributed by atoms with E-state index in [1.54, 1.807) is 0 Å². The summed E-state index contributed by atoms with van der Waals surface area (Å²) in [5.74, 6) is -2.21. The van der Waals surface area contributed by atoms with Crippen LogP contribution in [0.4, 0.5) is 4.79 Å². The first-order valence-corrected chi connectivity index (χ1v) is 6.49. The quantitative estimate of drug-likeness (QED) is 0.497. The van der Waals surface area contributed by atoms with Gasteiger partial charge >= 0.3 is 12.0 Å². The third-order valence-electron chi connectivity index (χ3n) is 3.08. The van der Waals surface area contributed by atoms with Gasteiger partial charge in [-0.05, 0) is 13.3 Å². The first-order valence-electron chi connectivity index (χ1n) is 6.49. The van der Waals surface area contributed by atoms with Crippen LogP contribution in [0.15, 0.2) is 0 Å². The molecule has 0 aromatic rings. The van der Waals surface area contributed by atoms with Crippen molar-refractivity contribution in [1.29, 1.82) is 0 Å². The Morgan fingerprint density at radius 3 is 2.43 bits per heavy atom. The summed E-state index contributed by atoms with van der Waals surface area (Å²) in [6, 6.07) is -1.79. The zero-order chi connectivity index (χ0) is 16.2. The van der Waals surface area contributed by atoms with Crippen LogP contribution in [0.25, 0.3) is 0 Å². The lowest BCUT2D eigenvalue weighted by Crippen LogP contribution is -2.47. The standard InChI is InChI=1S/C12H19N3O6/c1-7(16)10(11(19)20)13-8(17)4-3-5-15-9(18)6-14(2)12(15)21/h7,10,16H,3-6H2,1-2H3,(H,13,17)(H,19,20)/t7-,10+/m1/s1. The average molecular weight is 301 g/mol. The van der Waals surface area contributed by atoms with E-state index in [1.807, 2.05) is 0 Å². The van der Waals surface area contributed by atoms with Gasteiger partial charge in [-0.15, -0.1) is 0 Å². The number of aliphatic hydroxyl groups excluding tert-OH is 1. The fraction of sp³-hybridized carbons (Fsp3) is 0.667. The molecule has 1 saturated heterocycles. The number of carboxylic acid groups (broad SMARTS) is 1. The van der Waals surface area contributed by atoms with Crippen LogP contribution in [0.5, 0.6) is 0 Å². The second kappa shape index (κ2) is 7.02. The van der Waals surface area contributed by atoms with E-state index in [0.29, 0.717) is 0 Å². The monoisotopic (exact) mass is 301 g/mol. The number of nitrogens with zero attached hydrogens (tertiary/aromatic N) is 2. The molecule has 0 unspecified atom stereocenters. The Labute approximate surface area is 121 Å². The van der Waals surface area contributed by atoms with Gasteiger partial charge < -0.3 is 20.4 Å². The molecule has 0 spiro atoms. The van der Waals surface area contributed by atoms with Gasteiger partial charge in [0.15, 0.2) is 6.04 Å². The molecule has 4 amide bonds. The van der Waals surface area contributed by atoms with Crippen molar-refractivity contribution in [3.8, 4) is 0 Å². The number of urea groups is 1. The van der Waals surface area contributed by atoms with E-state index in [4.69, 9.17) is 5.11 Å². The van der Waals surface area contributed by atoms with Gasteiger partial charge in [0.2, 0.25) is 11.8 Å². The highest BCUT2D eigenvalue weighted by Gasteiger charge is 2.33. The van der Waals surface area contributed by atoms with Crippen LogP contribution in [0.1, 0.15) is 19.8 Å². The largest absolute Gasteiger partial charge is 0.480 e. The molecule has 1 heterocycles. The number of nitrogens with one attached hydrogen (secondary N) is 1. The van der Waals surface area contributed by atoms with E-state index in [9.17, 15) is 24.3 Å². The molecule has 0 aliphatic carbocycles. The highest BCUT2D eigenvalue weighted by molar-refractivity contribution is 6.01. The lowest BCUT2D eigenvalue weighted by molar-refractivity contribution is -0.144. The summed E-state index contributed by atoms with van der Waals surface area (Å²) in [4.78, 5) is 47.8. The van der Waals surface area contributed by atoms with Crippen LogP contribution in [0, 0.1) is 0 Å². The summed E-state index contributed by atoms with van der Waals surface area (Å²) in [5, 5.41) is 20.2. The van der Waals surface area contributed by atoms with E-state index in [1.165, 1.54) is 18.9 Å². The lowest BCUT2D eigenvalue weighted by Gasteiger charge is -2.17. The van der Waals surface area contributed by atoms with E-state index in [2.05, 4.69) is 5.32 Å². The number of rotatable bonds is 7. The molecule has 1 rings (SSSR count). The summed E-state index contributed by atoms with van der Waals surface area (Å²) < 4.78 is 0. The lowest BCUT2D eigenvalue weighted by atomic mass is 10.1. The van der Waals surface area contributed by atoms with Crippen molar-refractivity contribution in [2.45, 2.75) is 31.9 Å². The smallest absolute Gasteiger partial charge is 0.328 e. The molecule has 1 fully saturated rings. The van der Waals surface area contributed by atoms with Gasteiger partial charge in [0.25, 0.3) is 0 Å². The molecule has 1 aliphatic heterocycles. The minimum atomic E-state index is -1.38. The number of likely N-dealkylation sites (N-methyl/N-ethyl adjacent to an activating group) is 1. The predicted octanol–water partition coefficient (Wildman–Crippen LogP) is -1.39. The molecular weight excluding hydrogens is 282 g/mol. The van der Waals surface area contributed by atoms with Gasteiger partial charge in [-0.3, -0.25) is 14.5 Å². The summed E-state index contributed by atoms with van der Waals surface area (Å²) in [5.41, 5.74) is 0. The van der Waals surface area contributed by atoms with Crippen molar-refractivity contribution in [3.63, 3.8) is 0 Å². The fourth-order valence-corrected chi connectivity index (χ4v) is 1.92. The Hall–Kier alpha value is -2.16. The summed E-state index contributed by atoms with van der Waals surface area (Å²) >= 11 is 0. The molecule has 0 bridgehead atoms. The number of amides is 4. The topological polar surface area (TPSA) is 127 Å². The second-order valence-electron chi connectivity index (χ2n) is 4.91. The van der Waals surface area contributed by atoms with E-state index in [-0.39, 0.29) is 31.8 Å². The zero-order valence-electron chi connectivity index (χ0n) is 11.9. The van der Waals surface area contributed by atoms with E-state index in [0.717, 1.165) is 4.90 Å². The number of aliphatic carboxylic acids is 1. The third-order valence-corrected chi connectivity index (χ3v) is 3.08. The molecule has 118 valence electrons. The van der Waals surface area contributed by atoms with Crippen LogP contribution in [-0.2, 0) is 14.4 Å². The molecule has 0 aromatic heterocycles. The van der Waals surface area contributed by atoms with Crippen LogP contribution in [0.3, 0.4) is 0 Å². The zero-order valence-corrected chi connectivity index (χ0v) is 11.9. The van der Waals surface area contributed by atoms with Crippen LogP contribution in [0.2, 0.25) is 0 Å². The van der Waals surface area contributed by atoms with Crippen molar-refractivity contribution >= 4 is 23.8 Å². The van der Waals surface area contributed by atoms with Crippen LogP contribution >= 0.6 is 0 Å². The van der Waals surface area contributed by atoms with Gasteiger partial charge in [0.05, 0.1) is 6.10 Å². The SMILES string of the molecule is C[C@@H](O)[C@H](NC(=O)CCCN1C(=O)CN(C)C1=O)C(=O)O. The molecule has 2 atom stereocenters. The van der Waals surface area contributed by atoms with Crippen molar-refractivity contribution in [2.24, 2.45) is 0 Å². The maximum Gasteiger partial charge on any atom is 0.328 e. The molecule has 21 heavy (non-hydrogen) atoms. The van der Waals surface area contributed by atoms with Gasteiger partial charge in [-0.1, -0.05) is 0 Å². The molecule has 9 nitrogen and oxygen atoms in total. The number of carbonyl (C=O) groups is 4. The van der Waals surface area contributed by atoms with Crippen molar-refractivity contribution in [2.75, 3.05) is 20.1 Å². The molecule has 9 heteroatoms. The van der Waals surface area contributed by atoms with Crippen LogP contribution in [-0.4, -0.2) is 76.1 Å². The molecule has 1 aliphatic rings. The maximum atomic E-state index is 11.6. The van der Waals surface area contributed by atoms with Gasteiger partial charge in [0.1, 0.15) is 6.54 Å².